The Morgan fingerprint density at radius 1 is 0.875 bits per heavy atom. The SMILES string of the molecule is CN1CCC(C2(C)CN(C)CCN2C)CC1. The molecule has 0 aliphatic carbocycles. The van der Waals surface area contributed by atoms with E-state index in [1.807, 2.05) is 0 Å². The summed E-state index contributed by atoms with van der Waals surface area (Å²) in [5, 5.41) is 0. The van der Waals surface area contributed by atoms with E-state index in [2.05, 4.69) is 42.8 Å². The summed E-state index contributed by atoms with van der Waals surface area (Å²) in [4.78, 5) is 7.56. The predicted molar refractivity (Wildman–Crippen MR) is 68.8 cm³/mol. The average molecular weight is 225 g/mol. The third-order valence-electron chi connectivity index (χ3n) is 4.88. The molecule has 0 N–H and O–H groups in total. The molecule has 2 heterocycles. The molecule has 94 valence electrons. The fourth-order valence-corrected chi connectivity index (χ4v) is 3.39. The summed E-state index contributed by atoms with van der Waals surface area (Å²) < 4.78 is 0. The number of likely N-dealkylation sites (tertiary alicyclic amines) is 1. The maximum atomic E-state index is 2.60. The van der Waals surface area contributed by atoms with Crippen molar-refractivity contribution in [3.8, 4) is 0 Å². The fraction of sp³-hybridized carbons (Fsp3) is 1.00. The van der Waals surface area contributed by atoms with Crippen LogP contribution in [0.1, 0.15) is 19.8 Å². The van der Waals surface area contributed by atoms with Crippen molar-refractivity contribution in [1.82, 2.24) is 14.7 Å². The Balaban J connectivity index is 2.04. The van der Waals surface area contributed by atoms with Crippen LogP contribution < -0.4 is 0 Å². The molecule has 0 aromatic heterocycles. The molecule has 3 heteroatoms. The van der Waals surface area contributed by atoms with E-state index in [-0.39, 0.29) is 0 Å². The lowest BCUT2D eigenvalue weighted by molar-refractivity contribution is -0.0223. The van der Waals surface area contributed by atoms with Gasteiger partial charge in [-0.25, -0.2) is 0 Å². The molecule has 0 radical (unpaired) electrons. The first-order valence-corrected chi connectivity index (χ1v) is 6.61. The Morgan fingerprint density at radius 3 is 2.12 bits per heavy atom. The third-order valence-corrected chi connectivity index (χ3v) is 4.88. The van der Waals surface area contributed by atoms with E-state index >= 15 is 0 Å². The molecule has 0 saturated carbocycles. The molecule has 2 fully saturated rings. The van der Waals surface area contributed by atoms with Crippen LogP contribution in [0.3, 0.4) is 0 Å². The second-order valence-electron chi connectivity index (χ2n) is 6.09. The predicted octanol–water partition coefficient (Wildman–Crippen LogP) is 0.964. The Labute approximate surface area is 100 Å². The van der Waals surface area contributed by atoms with Gasteiger partial charge in [0.2, 0.25) is 0 Å². The van der Waals surface area contributed by atoms with Crippen LogP contribution in [0.5, 0.6) is 0 Å². The summed E-state index contributed by atoms with van der Waals surface area (Å²) in [7, 11) is 6.82. The van der Waals surface area contributed by atoms with E-state index in [1.54, 1.807) is 0 Å². The second kappa shape index (κ2) is 4.63. The molecule has 3 nitrogen and oxygen atoms in total. The summed E-state index contributed by atoms with van der Waals surface area (Å²) in [6, 6.07) is 0. The lowest BCUT2D eigenvalue weighted by Crippen LogP contribution is -2.63. The van der Waals surface area contributed by atoms with Gasteiger partial charge in [-0.15, -0.1) is 0 Å². The van der Waals surface area contributed by atoms with Gasteiger partial charge in [-0.2, -0.15) is 0 Å². The van der Waals surface area contributed by atoms with Crippen LogP contribution in [-0.4, -0.2) is 74.1 Å². The van der Waals surface area contributed by atoms with Crippen LogP contribution in [0.4, 0.5) is 0 Å². The van der Waals surface area contributed by atoms with Gasteiger partial charge in [0.1, 0.15) is 0 Å². The number of piperazine rings is 1. The molecule has 0 amide bonds. The Bertz CT molecular complexity index is 235. The topological polar surface area (TPSA) is 9.72 Å². The fourth-order valence-electron chi connectivity index (χ4n) is 3.39. The molecule has 1 unspecified atom stereocenters. The number of hydrogen-bond acceptors (Lipinski definition) is 3. The van der Waals surface area contributed by atoms with E-state index in [0.29, 0.717) is 5.54 Å². The van der Waals surface area contributed by atoms with Crippen molar-refractivity contribution in [2.45, 2.75) is 25.3 Å². The van der Waals surface area contributed by atoms with Gasteiger partial charge < -0.3 is 9.80 Å². The van der Waals surface area contributed by atoms with Crippen molar-refractivity contribution in [3.63, 3.8) is 0 Å². The van der Waals surface area contributed by atoms with Crippen molar-refractivity contribution in [3.05, 3.63) is 0 Å². The van der Waals surface area contributed by atoms with Crippen LogP contribution in [-0.2, 0) is 0 Å². The maximum Gasteiger partial charge on any atom is 0.0334 e. The minimum Gasteiger partial charge on any atom is -0.306 e. The molecule has 2 aliphatic heterocycles. The van der Waals surface area contributed by atoms with Gasteiger partial charge >= 0.3 is 0 Å². The molecule has 2 aliphatic rings. The lowest BCUT2D eigenvalue weighted by Gasteiger charge is -2.52. The molecule has 0 bridgehead atoms. The summed E-state index contributed by atoms with van der Waals surface area (Å²) in [6.07, 6.45) is 2.73. The summed E-state index contributed by atoms with van der Waals surface area (Å²) in [5.41, 5.74) is 0.397. The molecule has 16 heavy (non-hydrogen) atoms. The molecule has 2 saturated heterocycles. The molecule has 0 aromatic carbocycles. The molecule has 1 atom stereocenters. The summed E-state index contributed by atoms with van der Waals surface area (Å²) in [5.74, 6) is 0.872. The van der Waals surface area contributed by atoms with E-state index in [1.165, 1.54) is 45.6 Å². The van der Waals surface area contributed by atoms with Crippen molar-refractivity contribution < 1.29 is 0 Å². The first-order chi connectivity index (χ1) is 7.52. The van der Waals surface area contributed by atoms with Crippen LogP contribution >= 0.6 is 0 Å². The molecule has 0 spiro atoms. The van der Waals surface area contributed by atoms with Gasteiger partial charge in [-0.1, -0.05) is 0 Å². The first kappa shape index (κ1) is 12.3. The maximum absolute atomic E-state index is 2.60. The zero-order chi connectivity index (χ0) is 11.8. The van der Waals surface area contributed by atoms with Crippen LogP contribution in [0.15, 0.2) is 0 Å². The van der Waals surface area contributed by atoms with Crippen LogP contribution in [0.2, 0.25) is 0 Å². The first-order valence-electron chi connectivity index (χ1n) is 6.61. The molecular formula is C13H27N3. The van der Waals surface area contributed by atoms with Crippen molar-refractivity contribution in [2.24, 2.45) is 5.92 Å². The summed E-state index contributed by atoms with van der Waals surface area (Å²) >= 11 is 0. The van der Waals surface area contributed by atoms with Gasteiger partial charge in [-0.05, 0) is 59.9 Å². The standard InChI is InChI=1S/C13H27N3/c1-13(11-15(3)9-10-16(13)4)12-5-7-14(2)8-6-12/h12H,5-11H2,1-4H3. The Hall–Kier alpha value is -0.120. The van der Waals surface area contributed by atoms with E-state index in [4.69, 9.17) is 0 Å². The smallest absolute Gasteiger partial charge is 0.0334 e. The van der Waals surface area contributed by atoms with E-state index in [0.717, 1.165) is 5.92 Å². The summed E-state index contributed by atoms with van der Waals surface area (Å²) in [6.45, 7) is 8.70. The van der Waals surface area contributed by atoms with Gasteiger partial charge in [0.25, 0.3) is 0 Å². The zero-order valence-electron chi connectivity index (χ0n) is 11.4. The van der Waals surface area contributed by atoms with E-state index < -0.39 is 0 Å². The number of piperidine rings is 1. The molecule has 0 aromatic rings. The van der Waals surface area contributed by atoms with Crippen molar-refractivity contribution >= 4 is 0 Å². The normalized spacial score (nSPS) is 36.8. The van der Waals surface area contributed by atoms with Gasteiger partial charge in [0, 0.05) is 25.2 Å². The monoisotopic (exact) mass is 225 g/mol. The lowest BCUT2D eigenvalue weighted by atomic mass is 9.76. The van der Waals surface area contributed by atoms with Gasteiger partial charge in [-0.3, -0.25) is 4.90 Å². The second-order valence-corrected chi connectivity index (χ2v) is 6.09. The Kier molecular flexibility index (Phi) is 3.57. The number of hydrogen-bond donors (Lipinski definition) is 0. The average Bonchev–Trinajstić information content (AvgIpc) is 2.25. The van der Waals surface area contributed by atoms with E-state index in [9.17, 15) is 0 Å². The zero-order valence-corrected chi connectivity index (χ0v) is 11.4. The van der Waals surface area contributed by atoms with Gasteiger partial charge in [0.05, 0.1) is 0 Å². The van der Waals surface area contributed by atoms with Crippen LogP contribution in [0.25, 0.3) is 0 Å². The third kappa shape index (κ3) is 2.27. The largest absolute Gasteiger partial charge is 0.306 e. The highest BCUT2D eigenvalue weighted by atomic mass is 15.3. The highest BCUT2D eigenvalue weighted by molar-refractivity contribution is 4.98. The number of likely N-dealkylation sites (N-methyl/N-ethyl adjacent to an activating group) is 2. The van der Waals surface area contributed by atoms with Gasteiger partial charge in [0.15, 0.2) is 0 Å². The minimum absolute atomic E-state index is 0.397. The quantitative estimate of drug-likeness (QED) is 0.658. The van der Waals surface area contributed by atoms with Crippen LogP contribution in [0, 0.1) is 5.92 Å². The molecule has 2 rings (SSSR count). The minimum atomic E-state index is 0.397. The Morgan fingerprint density at radius 2 is 1.50 bits per heavy atom. The van der Waals surface area contributed by atoms with Crippen molar-refractivity contribution in [1.29, 1.82) is 0 Å². The highest BCUT2D eigenvalue weighted by Crippen LogP contribution is 2.34. The highest BCUT2D eigenvalue weighted by Gasteiger charge is 2.41. The number of rotatable bonds is 1. The van der Waals surface area contributed by atoms with Crippen molar-refractivity contribution in [2.75, 3.05) is 53.9 Å². The molecular weight excluding hydrogens is 198 g/mol. The number of nitrogens with zero attached hydrogens (tertiary/aromatic N) is 3.